The molecule has 3 fully saturated rings. The number of carbonyl (C=O) groups excluding carboxylic acids is 7. The van der Waals surface area contributed by atoms with Crippen molar-refractivity contribution in [3.8, 4) is 11.8 Å². The average Bonchev–Trinajstić information content (AvgIpc) is 1.18. The number of esters is 1. The minimum Gasteiger partial charge on any atom is -0.494 e. The van der Waals surface area contributed by atoms with Crippen LogP contribution >= 0.6 is 0 Å². The molecule has 502 valence electrons. The highest BCUT2D eigenvalue weighted by molar-refractivity contribution is 6.07. The summed E-state index contributed by atoms with van der Waals surface area (Å²) in [5.41, 5.74) is 2.88. The van der Waals surface area contributed by atoms with Crippen LogP contribution in [-0.2, 0) is 54.3 Å². The van der Waals surface area contributed by atoms with E-state index >= 15 is 0 Å². The van der Waals surface area contributed by atoms with Crippen molar-refractivity contribution in [1.82, 2.24) is 55.7 Å². The topological polar surface area (TPSA) is 354 Å². The maximum atomic E-state index is 14.5. The number of benzene rings is 2. The van der Waals surface area contributed by atoms with E-state index in [9.17, 15) is 77.3 Å². The van der Waals surface area contributed by atoms with E-state index in [1.165, 1.54) is 12.3 Å². The number of carboxylic acids is 3. The number of alkyl halides is 2. The van der Waals surface area contributed by atoms with E-state index in [0.29, 0.717) is 68.5 Å². The highest BCUT2D eigenvalue weighted by Gasteiger charge is 2.47. The molecule has 0 spiro atoms. The molecule has 3 aromatic rings. The number of ether oxygens (including phenoxy) is 2. The fraction of sp³-hybridized carbons (Fsp3) is 0.587. The SMILES string of the molecule is COC(=O)C[C@H](NC(=O)[C@H](CCCNC(=O)CCCc1ccc(C)cc1)NC(=O)CN1CCN(CC(=O)O)CCN(CC(=O)O)CCN(CC(=O)O)CC1)C(=O)N1CCC(CCCCOc2ccc3nccc(C(=O)NCC(=O)N4CC(F)(F)C[C@@H]4C#N)c3c2)CC1. The average molecular weight is 1290 g/mol. The lowest BCUT2D eigenvalue weighted by molar-refractivity contribution is -0.147. The lowest BCUT2D eigenvalue weighted by atomic mass is 9.91. The highest BCUT2D eigenvalue weighted by atomic mass is 19.3. The van der Waals surface area contributed by atoms with E-state index < -0.39 is 103 Å². The summed E-state index contributed by atoms with van der Waals surface area (Å²) in [6, 6.07) is 12.3. The molecule has 6 rings (SSSR count). The van der Waals surface area contributed by atoms with Gasteiger partial charge in [0.1, 0.15) is 23.9 Å². The van der Waals surface area contributed by atoms with E-state index in [2.05, 4.69) is 26.3 Å². The van der Waals surface area contributed by atoms with Crippen molar-refractivity contribution in [2.24, 2.45) is 5.92 Å². The third-order valence-corrected chi connectivity index (χ3v) is 16.5. The van der Waals surface area contributed by atoms with Crippen molar-refractivity contribution in [1.29, 1.82) is 5.26 Å². The number of hydrogen-bond acceptors (Lipinski definition) is 18. The number of halogens is 2. The van der Waals surface area contributed by atoms with Crippen LogP contribution in [0.3, 0.4) is 0 Å². The highest BCUT2D eigenvalue weighted by Crippen LogP contribution is 2.32. The summed E-state index contributed by atoms with van der Waals surface area (Å²) in [5.74, 6) is -10.2. The van der Waals surface area contributed by atoms with Crippen LogP contribution in [0.25, 0.3) is 10.9 Å². The molecule has 3 aliphatic rings. The fourth-order valence-electron chi connectivity index (χ4n) is 11.4. The Morgan fingerprint density at radius 3 is 1.92 bits per heavy atom. The third-order valence-electron chi connectivity index (χ3n) is 16.5. The number of rotatable bonds is 31. The second kappa shape index (κ2) is 36.5. The number of piperidine rings is 1. The van der Waals surface area contributed by atoms with Gasteiger partial charge in [0.15, 0.2) is 0 Å². The van der Waals surface area contributed by atoms with Crippen LogP contribution in [0.2, 0.25) is 0 Å². The molecule has 0 radical (unpaired) electrons. The first-order valence-electron chi connectivity index (χ1n) is 31.2. The van der Waals surface area contributed by atoms with Gasteiger partial charge >= 0.3 is 23.9 Å². The Bertz CT molecular complexity index is 3040. The van der Waals surface area contributed by atoms with E-state index in [1.54, 1.807) is 48.8 Å². The number of unbranched alkanes of at least 4 members (excludes halogenated alkanes) is 1. The lowest BCUT2D eigenvalue weighted by Gasteiger charge is -2.35. The molecule has 0 bridgehead atoms. The van der Waals surface area contributed by atoms with Crippen molar-refractivity contribution in [3.05, 3.63) is 71.4 Å². The van der Waals surface area contributed by atoms with E-state index in [0.717, 1.165) is 36.0 Å². The summed E-state index contributed by atoms with van der Waals surface area (Å²) in [7, 11) is 1.15. The van der Waals surface area contributed by atoms with Gasteiger partial charge in [0.05, 0.1) is 76.6 Å². The number of carbonyl (C=O) groups is 10. The Morgan fingerprint density at radius 2 is 1.34 bits per heavy atom. The Hall–Kier alpha value is -8.46. The molecule has 6 amide bonds. The van der Waals surface area contributed by atoms with Crippen molar-refractivity contribution in [3.63, 3.8) is 0 Å². The minimum atomic E-state index is -3.20. The van der Waals surface area contributed by atoms with Crippen molar-refractivity contribution in [2.75, 3.05) is 125 Å². The number of methoxy groups -OCH3 is 1. The van der Waals surface area contributed by atoms with Crippen LogP contribution < -0.4 is 26.0 Å². The maximum absolute atomic E-state index is 14.5. The van der Waals surface area contributed by atoms with Crippen molar-refractivity contribution in [2.45, 2.75) is 108 Å². The normalized spacial score (nSPS) is 17.8. The monoisotopic (exact) mass is 1290 g/mol. The molecular weight excluding hydrogens is 1200 g/mol. The molecular formula is C63H86F2N12O15. The smallest absolute Gasteiger partial charge is 0.317 e. The van der Waals surface area contributed by atoms with Crippen LogP contribution in [0, 0.1) is 24.2 Å². The number of nitriles is 1. The van der Waals surface area contributed by atoms with Gasteiger partial charge < -0.3 is 55.9 Å². The Balaban J connectivity index is 1.04. The first-order chi connectivity index (χ1) is 44.0. The number of nitrogens with zero attached hydrogens (tertiary/aromatic N) is 8. The Labute approximate surface area is 533 Å². The molecule has 4 heterocycles. The molecule has 27 nitrogen and oxygen atoms in total. The second-order valence-corrected chi connectivity index (χ2v) is 23.6. The zero-order valence-corrected chi connectivity index (χ0v) is 52.3. The van der Waals surface area contributed by atoms with Gasteiger partial charge in [-0.2, -0.15) is 5.26 Å². The minimum absolute atomic E-state index is 0.00602. The summed E-state index contributed by atoms with van der Waals surface area (Å²) in [5, 5.41) is 49.5. The fourth-order valence-corrected chi connectivity index (χ4v) is 11.4. The van der Waals surface area contributed by atoms with Gasteiger partial charge in [-0.15, -0.1) is 0 Å². The number of aliphatic carboxylic acids is 3. The molecule has 3 aliphatic heterocycles. The van der Waals surface area contributed by atoms with Gasteiger partial charge in [-0.05, 0) is 94.0 Å². The molecule has 1 aromatic heterocycles. The molecule has 7 N–H and O–H groups in total. The van der Waals surface area contributed by atoms with Crippen LogP contribution in [0.15, 0.2) is 54.7 Å². The van der Waals surface area contributed by atoms with Gasteiger partial charge in [0, 0.05) is 96.4 Å². The van der Waals surface area contributed by atoms with Gasteiger partial charge in [-0.25, -0.2) is 8.78 Å². The Morgan fingerprint density at radius 1 is 0.728 bits per heavy atom. The van der Waals surface area contributed by atoms with Crippen LogP contribution in [0.4, 0.5) is 8.78 Å². The molecule has 0 aliphatic carbocycles. The van der Waals surface area contributed by atoms with Crippen LogP contribution in [0.1, 0.15) is 92.1 Å². The lowest BCUT2D eigenvalue weighted by Crippen LogP contribution is -2.57. The number of aryl methyl sites for hydroxylation is 2. The number of hydrogen-bond donors (Lipinski definition) is 7. The van der Waals surface area contributed by atoms with Gasteiger partial charge in [-0.1, -0.05) is 36.2 Å². The molecule has 3 saturated heterocycles. The van der Waals surface area contributed by atoms with Gasteiger partial charge in [0.2, 0.25) is 29.5 Å². The zero-order valence-electron chi connectivity index (χ0n) is 52.3. The molecule has 92 heavy (non-hydrogen) atoms. The van der Waals surface area contributed by atoms with E-state index in [-0.39, 0.29) is 122 Å². The summed E-state index contributed by atoms with van der Waals surface area (Å²) >= 11 is 0. The summed E-state index contributed by atoms with van der Waals surface area (Å²) < 4.78 is 38.9. The number of amides is 6. The molecule has 0 unspecified atom stereocenters. The van der Waals surface area contributed by atoms with Gasteiger partial charge in [0.25, 0.3) is 11.8 Å². The second-order valence-electron chi connectivity index (χ2n) is 23.6. The molecule has 0 saturated carbocycles. The first kappa shape index (κ1) is 72.6. The van der Waals surface area contributed by atoms with Crippen LogP contribution in [-0.4, -0.2) is 258 Å². The number of likely N-dealkylation sites (tertiary alicyclic amines) is 2. The number of aromatic nitrogens is 1. The third kappa shape index (κ3) is 24.6. The standard InChI is InChI=1S/C63H86F2N12O15/c1-43-11-13-44(14-12-43)8-5-10-53(78)68-20-6-9-51(70-54(79)38-72-24-26-73(39-56(81)82)28-30-75(41-58(85)86)31-29-74(27-25-72)40-57(83)84)61(89)71-52(34-59(87)91-2)62(90)76-22-18-45(19-23-76)7-3-4-32-92-47-15-16-50-49(33-47)48(17-21-67-50)60(88)69-37-55(80)77-42-63(64,65)35-46(77)36-66/h11-17,21,33,45-46,51-52H,3-10,18-20,22-32,34-35,37-42H2,1-2H3,(H,68,78)(H,69,88)(H,70,79)(H,71,89)(H,81,82)(H,83,84)(H,85,86)/t46-,51+,52+/m1/s1. The first-order valence-corrected chi connectivity index (χ1v) is 31.2. The van der Waals surface area contributed by atoms with Gasteiger partial charge in [-0.3, -0.25) is 72.5 Å². The summed E-state index contributed by atoms with van der Waals surface area (Å²) in [6.45, 7) is 1.41. The molecule has 3 atom stereocenters. The zero-order chi connectivity index (χ0) is 66.7. The number of fused-ring (bicyclic) bond motifs is 1. The van der Waals surface area contributed by atoms with E-state index in [1.807, 2.05) is 31.2 Å². The molecule has 2 aromatic carbocycles. The maximum Gasteiger partial charge on any atom is 0.317 e. The number of pyridine rings is 1. The van der Waals surface area contributed by atoms with E-state index in [4.69, 9.17) is 9.47 Å². The Kier molecular flexibility index (Phi) is 28.8. The number of carboxylic acid groups (broad SMARTS) is 3. The predicted octanol–water partition coefficient (Wildman–Crippen LogP) is 1.75. The van der Waals surface area contributed by atoms with Crippen LogP contribution in [0.5, 0.6) is 5.75 Å². The largest absolute Gasteiger partial charge is 0.494 e. The van der Waals surface area contributed by atoms with Crippen molar-refractivity contribution < 1.29 is 81.5 Å². The summed E-state index contributed by atoms with van der Waals surface area (Å²) in [6.07, 6.45) is 5.39. The quantitative estimate of drug-likeness (QED) is 0.0356. The molecule has 29 heteroatoms. The van der Waals surface area contributed by atoms with Crippen molar-refractivity contribution >= 4 is 70.2 Å². The number of nitrogens with one attached hydrogen (secondary N) is 4. The predicted molar refractivity (Wildman–Crippen MR) is 329 cm³/mol. The summed E-state index contributed by atoms with van der Waals surface area (Å²) in [4.78, 5) is 143.